The van der Waals surface area contributed by atoms with Gasteiger partial charge in [0.15, 0.2) is 0 Å². The van der Waals surface area contributed by atoms with Crippen molar-refractivity contribution in [3.05, 3.63) is 59.9 Å². The van der Waals surface area contributed by atoms with Gasteiger partial charge in [-0.05, 0) is 54.3 Å². The van der Waals surface area contributed by atoms with Gasteiger partial charge in [-0.25, -0.2) is 4.98 Å². The number of hydrogen-bond acceptors (Lipinski definition) is 4. The predicted molar refractivity (Wildman–Crippen MR) is 111 cm³/mol. The zero-order valence-corrected chi connectivity index (χ0v) is 16.9. The van der Waals surface area contributed by atoms with Crippen LogP contribution >= 0.6 is 0 Å². The SMILES string of the molecule is COc1ccc([C@@H]2[C@@H]3CN(Cc4cn(C)c5ncccc45)C[C@@H]3CN2C)cc1. The third-order valence-corrected chi connectivity index (χ3v) is 6.64. The quantitative estimate of drug-likeness (QED) is 0.700. The van der Waals surface area contributed by atoms with E-state index in [9.17, 15) is 0 Å². The number of fused-ring (bicyclic) bond motifs is 2. The topological polar surface area (TPSA) is 33.5 Å². The first kappa shape index (κ1) is 17.7. The molecule has 2 aromatic heterocycles. The Hall–Kier alpha value is -2.37. The van der Waals surface area contributed by atoms with Crippen LogP contribution in [0.15, 0.2) is 48.8 Å². The van der Waals surface area contributed by atoms with Crippen LogP contribution < -0.4 is 4.74 Å². The van der Waals surface area contributed by atoms with Gasteiger partial charge in [0.25, 0.3) is 0 Å². The fourth-order valence-electron chi connectivity index (χ4n) is 5.44. The van der Waals surface area contributed by atoms with E-state index in [1.807, 2.05) is 12.3 Å². The van der Waals surface area contributed by atoms with Gasteiger partial charge in [0.2, 0.25) is 0 Å². The normalized spacial score (nSPS) is 25.5. The van der Waals surface area contributed by atoms with E-state index in [0.29, 0.717) is 12.0 Å². The van der Waals surface area contributed by atoms with Crippen LogP contribution in [0.5, 0.6) is 5.75 Å². The van der Waals surface area contributed by atoms with E-state index in [1.165, 1.54) is 29.6 Å². The fraction of sp³-hybridized carbons (Fsp3) is 0.435. The Bertz CT molecular complexity index is 980. The van der Waals surface area contributed by atoms with Crippen molar-refractivity contribution in [3.63, 3.8) is 0 Å². The molecular formula is C23H28N4O. The van der Waals surface area contributed by atoms with Gasteiger partial charge >= 0.3 is 0 Å². The number of nitrogens with zero attached hydrogens (tertiary/aromatic N) is 4. The molecule has 5 rings (SSSR count). The lowest BCUT2D eigenvalue weighted by atomic mass is 9.89. The summed E-state index contributed by atoms with van der Waals surface area (Å²) < 4.78 is 7.49. The van der Waals surface area contributed by atoms with Crippen LogP contribution in [-0.4, -0.2) is 53.1 Å². The Kier molecular flexibility index (Phi) is 4.37. The van der Waals surface area contributed by atoms with Crippen molar-refractivity contribution in [1.82, 2.24) is 19.4 Å². The molecule has 1 aromatic carbocycles. The molecule has 0 spiro atoms. The Morgan fingerprint density at radius 1 is 1.07 bits per heavy atom. The summed E-state index contributed by atoms with van der Waals surface area (Å²) in [6.45, 7) is 4.52. The Morgan fingerprint density at radius 3 is 2.68 bits per heavy atom. The van der Waals surface area contributed by atoms with E-state index >= 15 is 0 Å². The Balaban J connectivity index is 1.35. The largest absolute Gasteiger partial charge is 0.497 e. The number of aromatic nitrogens is 2. The van der Waals surface area contributed by atoms with E-state index in [4.69, 9.17) is 4.74 Å². The minimum atomic E-state index is 0.495. The third-order valence-electron chi connectivity index (χ3n) is 6.64. The van der Waals surface area contributed by atoms with Crippen molar-refractivity contribution in [3.8, 4) is 5.75 Å². The predicted octanol–water partition coefficient (Wildman–Crippen LogP) is 3.32. The Labute approximate surface area is 166 Å². The number of methoxy groups -OCH3 is 1. The van der Waals surface area contributed by atoms with Gasteiger partial charge in [0, 0.05) is 57.0 Å². The summed E-state index contributed by atoms with van der Waals surface area (Å²) in [5, 5.41) is 1.28. The molecule has 5 nitrogen and oxygen atoms in total. The molecule has 2 aliphatic rings. The van der Waals surface area contributed by atoms with Crippen LogP contribution in [0.1, 0.15) is 17.2 Å². The molecule has 0 amide bonds. The Morgan fingerprint density at radius 2 is 1.89 bits per heavy atom. The molecule has 0 radical (unpaired) electrons. The minimum Gasteiger partial charge on any atom is -0.497 e. The monoisotopic (exact) mass is 376 g/mol. The molecule has 2 aliphatic heterocycles. The number of benzene rings is 1. The summed E-state index contributed by atoms with van der Waals surface area (Å²) in [5.74, 6) is 2.36. The number of hydrogen-bond donors (Lipinski definition) is 0. The van der Waals surface area contributed by atoms with Crippen molar-refractivity contribution >= 4 is 11.0 Å². The number of pyridine rings is 1. The standard InChI is InChI=1S/C23H28N4O/c1-25-11-18-14-27(13-17-12-26(2)23-20(17)5-4-10-24-23)15-21(18)22(25)16-6-8-19(28-3)9-7-16/h4-10,12,18,21-22H,11,13-15H2,1-3H3/t18-,21+,22+/m0/s1. The molecule has 3 aromatic rings. The lowest BCUT2D eigenvalue weighted by Crippen LogP contribution is -2.28. The first-order valence-corrected chi connectivity index (χ1v) is 10.1. The van der Waals surface area contributed by atoms with Crippen LogP contribution in [0.4, 0.5) is 0 Å². The summed E-state index contributed by atoms with van der Waals surface area (Å²) in [4.78, 5) is 9.71. The lowest BCUT2D eigenvalue weighted by molar-refractivity contribution is 0.225. The summed E-state index contributed by atoms with van der Waals surface area (Å²) >= 11 is 0. The smallest absolute Gasteiger partial charge is 0.139 e. The highest BCUT2D eigenvalue weighted by Crippen LogP contribution is 2.44. The van der Waals surface area contributed by atoms with E-state index in [2.05, 4.69) is 70.0 Å². The molecule has 2 saturated heterocycles. The van der Waals surface area contributed by atoms with Gasteiger partial charge < -0.3 is 9.30 Å². The molecule has 0 bridgehead atoms. The zero-order chi connectivity index (χ0) is 19.3. The van der Waals surface area contributed by atoms with Crippen molar-refractivity contribution in [2.75, 3.05) is 33.8 Å². The second-order valence-electron chi connectivity index (χ2n) is 8.42. The molecule has 5 heteroatoms. The van der Waals surface area contributed by atoms with Gasteiger partial charge in [0.05, 0.1) is 7.11 Å². The van der Waals surface area contributed by atoms with Crippen molar-refractivity contribution < 1.29 is 4.74 Å². The molecule has 3 atom stereocenters. The molecular weight excluding hydrogens is 348 g/mol. The molecule has 0 saturated carbocycles. The van der Waals surface area contributed by atoms with Crippen LogP contribution in [0, 0.1) is 11.8 Å². The average Bonchev–Trinajstić information content (AvgIpc) is 3.33. The van der Waals surface area contributed by atoms with Crippen molar-refractivity contribution in [2.24, 2.45) is 18.9 Å². The number of ether oxygens (including phenoxy) is 1. The molecule has 146 valence electrons. The maximum Gasteiger partial charge on any atom is 0.139 e. The molecule has 0 N–H and O–H groups in total. The molecule has 28 heavy (non-hydrogen) atoms. The maximum atomic E-state index is 5.34. The van der Waals surface area contributed by atoms with E-state index < -0.39 is 0 Å². The van der Waals surface area contributed by atoms with Gasteiger partial charge in [-0.1, -0.05) is 12.1 Å². The zero-order valence-electron chi connectivity index (χ0n) is 16.9. The van der Waals surface area contributed by atoms with Gasteiger partial charge in [-0.15, -0.1) is 0 Å². The average molecular weight is 377 g/mol. The summed E-state index contributed by atoms with van der Waals surface area (Å²) in [7, 11) is 6.09. The molecule has 4 heterocycles. The highest BCUT2D eigenvalue weighted by molar-refractivity contribution is 5.80. The van der Waals surface area contributed by atoms with Crippen LogP contribution in [0.3, 0.4) is 0 Å². The number of rotatable bonds is 4. The summed E-state index contributed by atoms with van der Waals surface area (Å²) in [6.07, 6.45) is 4.13. The molecule has 0 unspecified atom stereocenters. The lowest BCUT2D eigenvalue weighted by Gasteiger charge is -2.27. The first-order valence-electron chi connectivity index (χ1n) is 10.1. The maximum absolute atomic E-state index is 5.34. The first-order chi connectivity index (χ1) is 13.6. The van der Waals surface area contributed by atoms with Crippen LogP contribution in [0.25, 0.3) is 11.0 Å². The summed E-state index contributed by atoms with van der Waals surface area (Å²) in [5.41, 5.74) is 3.87. The third kappa shape index (κ3) is 2.90. The highest BCUT2D eigenvalue weighted by atomic mass is 16.5. The minimum absolute atomic E-state index is 0.495. The summed E-state index contributed by atoms with van der Waals surface area (Å²) in [6, 6.07) is 13.4. The van der Waals surface area contributed by atoms with Gasteiger partial charge in [-0.2, -0.15) is 0 Å². The fourth-order valence-corrected chi connectivity index (χ4v) is 5.44. The van der Waals surface area contributed by atoms with Gasteiger partial charge in [0.1, 0.15) is 11.4 Å². The van der Waals surface area contributed by atoms with E-state index in [1.54, 1.807) is 7.11 Å². The van der Waals surface area contributed by atoms with Crippen molar-refractivity contribution in [2.45, 2.75) is 12.6 Å². The number of likely N-dealkylation sites (tertiary alicyclic amines) is 2. The second kappa shape index (κ2) is 6.90. The van der Waals surface area contributed by atoms with Gasteiger partial charge in [-0.3, -0.25) is 9.80 Å². The second-order valence-corrected chi connectivity index (χ2v) is 8.42. The highest BCUT2D eigenvalue weighted by Gasteiger charge is 2.46. The molecule has 2 fully saturated rings. The van der Waals surface area contributed by atoms with Crippen molar-refractivity contribution in [1.29, 1.82) is 0 Å². The van der Waals surface area contributed by atoms with Crippen LogP contribution in [-0.2, 0) is 13.6 Å². The van der Waals surface area contributed by atoms with E-state index in [0.717, 1.165) is 30.4 Å². The van der Waals surface area contributed by atoms with Crippen LogP contribution in [0.2, 0.25) is 0 Å². The number of aryl methyl sites for hydroxylation is 1. The molecule has 0 aliphatic carbocycles. The van der Waals surface area contributed by atoms with E-state index in [-0.39, 0.29) is 0 Å².